The van der Waals surface area contributed by atoms with Crippen LogP contribution in [0.5, 0.6) is 0 Å². The fraction of sp³-hybridized carbons (Fsp3) is 0.263. The quantitative estimate of drug-likeness (QED) is 0.803. The lowest BCUT2D eigenvalue weighted by atomic mass is 10.2. The maximum Gasteiger partial charge on any atom is 0.243 e. The van der Waals surface area contributed by atoms with Crippen LogP contribution < -0.4 is 0 Å². The molecule has 0 N–H and O–H groups in total. The normalized spacial score (nSPS) is 17.2. The molecule has 0 saturated carbocycles. The highest BCUT2D eigenvalue weighted by Gasteiger charge is 2.27. The molecule has 0 aliphatic carbocycles. The van der Waals surface area contributed by atoms with E-state index in [0.29, 0.717) is 23.0 Å². The van der Waals surface area contributed by atoms with Crippen molar-refractivity contribution in [2.45, 2.75) is 4.90 Å². The lowest BCUT2D eigenvalue weighted by Crippen LogP contribution is -2.48. The van der Waals surface area contributed by atoms with Gasteiger partial charge in [0.1, 0.15) is 0 Å². The predicted molar refractivity (Wildman–Crippen MR) is 102 cm³/mol. The minimum Gasteiger partial charge on any atom is -0.297 e. The summed E-state index contributed by atoms with van der Waals surface area (Å²) in [6.07, 6.45) is 4.22. The van der Waals surface area contributed by atoms with Gasteiger partial charge < -0.3 is 0 Å². The van der Waals surface area contributed by atoms with E-state index in [-0.39, 0.29) is 0 Å². The lowest BCUT2D eigenvalue weighted by molar-refractivity contribution is 0.204. The summed E-state index contributed by atoms with van der Waals surface area (Å²) in [6, 6.07) is 16.5. The lowest BCUT2D eigenvalue weighted by Gasteiger charge is -2.33. The average Bonchev–Trinajstić information content (AvgIpc) is 2.63. The zero-order valence-electron chi connectivity index (χ0n) is 13.9. The number of rotatable bonds is 5. The molecule has 0 radical (unpaired) electrons. The van der Waals surface area contributed by atoms with Gasteiger partial charge in [0.2, 0.25) is 10.0 Å². The van der Waals surface area contributed by atoms with Gasteiger partial charge in [-0.1, -0.05) is 54.1 Å². The zero-order valence-corrected chi connectivity index (χ0v) is 15.5. The van der Waals surface area contributed by atoms with Crippen LogP contribution in [0.15, 0.2) is 65.6 Å². The maximum atomic E-state index is 12.7. The molecule has 132 valence electrons. The standard InChI is InChI=1S/C19H21ClN2O2S/c20-18-8-10-19(11-9-18)25(23,24)22-15-13-21(14-16-22)12-4-7-17-5-2-1-3-6-17/h1-11H,12-16H2. The van der Waals surface area contributed by atoms with E-state index in [2.05, 4.69) is 29.2 Å². The number of piperazine rings is 1. The van der Waals surface area contributed by atoms with E-state index in [1.165, 1.54) is 5.56 Å². The minimum atomic E-state index is -3.44. The summed E-state index contributed by atoms with van der Waals surface area (Å²) in [6.45, 7) is 3.29. The Balaban J connectivity index is 1.54. The number of benzene rings is 2. The summed E-state index contributed by atoms with van der Waals surface area (Å²) in [5, 5.41) is 0.536. The molecule has 6 heteroatoms. The summed E-state index contributed by atoms with van der Waals surface area (Å²) < 4.78 is 26.9. The summed E-state index contributed by atoms with van der Waals surface area (Å²) in [5.41, 5.74) is 1.17. The number of nitrogens with zero attached hydrogens (tertiary/aromatic N) is 2. The molecule has 3 rings (SSSR count). The van der Waals surface area contributed by atoms with Gasteiger partial charge in [-0.05, 0) is 29.8 Å². The van der Waals surface area contributed by atoms with Crippen LogP contribution in [0, 0.1) is 0 Å². The van der Waals surface area contributed by atoms with Gasteiger partial charge in [-0.2, -0.15) is 4.31 Å². The molecule has 1 aliphatic rings. The molecule has 0 unspecified atom stereocenters. The van der Waals surface area contributed by atoms with Crippen LogP contribution in [0.1, 0.15) is 5.56 Å². The average molecular weight is 377 g/mol. The molecule has 4 nitrogen and oxygen atoms in total. The summed E-state index contributed by atoms with van der Waals surface area (Å²) in [5.74, 6) is 0. The van der Waals surface area contributed by atoms with E-state index in [0.717, 1.165) is 19.6 Å². The molecule has 1 heterocycles. The van der Waals surface area contributed by atoms with Crippen LogP contribution in [0.3, 0.4) is 0 Å². The highest BCUT2D eigenvalue weighted by molar-refractivity contribution is 7.89. The molecule has 25 heavy (non-hydrogen) atoms. The fourth-order valence-corrected chi connectivity index (χ4v) is 4.36. The number of sulfonamides is 1. The first-order valence-electron chi connectivity index (χ1n) is 8.25. The van der Waals surface area contributed by atoms with E-state index in [9.17, 15) is 8.42 Å². The molecule has 0 spiro atoms. The van der Waals surface area contributed by atoms with Gasteiger partial charge in [-0.15, -0.1) is 0 Å². The molecule has 0 amide bonds. The Labute approximate surface area is 154 Å². The van der Waals surface area contributed by atoms with Crippen LogP contribution in [-0.2, 0) is 10.0 Å². The topological polar surface area (TPSA) is 40.6 Å². The smallest absolute Gasteiger partial charge is 0.243 e. The molecule has 0 bridgehead atoms. The van der Waals surface area contributed by atoms with Gasteiger partial charge in [0, 0.05) is 37.7 Å². The van der Waals surface area contributed by atoms with Crippen molar-refractivity contribution in [3.05, 3.63) is 71.3 Å². The van der Waals surface area contributed by atoms with Crippen molar-refractivity contribution in [3.63, 3.8) is 0 Å². The Hall–Kier alpha value is -1.66. The van der Waals surface area contributed by atoms with Crippen molar-refractivity contribution in [2.24, 2.45) is 0 Å². The predicted octanol–water partition coefficient (Wildman–Crippen LogP) is 3.36. The van der Waals surface area contributed by atoms with Gasteiger partial charge >= 0.3 is 0 Å². The summed E-state index contributed by atoms with van der Waals surface area (Å²) in [7, 11) is -3.44. The monoisotopic (exact) mass is 376 g/mol. The van der Waals surface area contributed by atoms with E-state index in [1.54, 1.807) is 28.6 Å². The van der Waals surface area contributed by atoms with E-state index in [1.807, 2.05) is 18.2 Å². The third kappa shape index (κ3) is 4.70. The van der Waals surface area contributed by atoms with Crippen LogP contribution in [0.25, 0.3) is 6.08 Å². The van der Waals surface area contributed by atoms with Gasteiger partial charge in [0.05, 0.1) is 4.90 Å². The Morgan fingerprint density at radius 3 is 2.20 bits per heavy atom. The second kappa shape index (κ2) is 8.15. The van der Waals surface area contributed by atoms with Crippen molar-refractivity contribution in [3.8, 4) is 0 Å². The first kappa shape index (κ1) is 18.1. The number of hydrogen-bond donors (Lipinski definition) is 0. The molecule has 1 aliphatic heterocycles. The SMILES string of the molecule is O=S(=O)(c1ccc(Cl)cc1)N1CCN(CC=Cc2ccccc2)CC1. The van der Waals surface area contributed by atoms with Crippen molar-refractivity contribution in [1.29, 1.82) is 0 Å². The van der Waals surface area contributed by atoms with Crippen LogP contribution in [0.4, 0.5) is 0 Å². The molecule has 1 saturated heterocycles. The Morgan fingerprint density at radius 1 is 0.920 bits per heavy atom. The molecule has 2 aromatic carbocycles. The third-order valence-corrected chi connectivity index (χ3v) is 6.42. The molecule has 2 aromatic rings. The Kier molecular flexibility index (Phi) is 5.91. The molecule has 0 atom stereocenters. The van der Waals surface area contributed by atoms with E-state index < -0.39 is 10.0 Å². The Morgan fingerprint density at radius 2 is 1.56 bits per heavy atom. The molecule has 0 aromatic heterocycles. The zero-order chi connectivity index (χ0) is 17.7. The number of hydrogen-bond acceptors (Lipinski definition) is 3. The highest BCUT2D eigenvalue weighted by atomic mass is 35.5. The first-order valence-corrected chi connectivity index (χ1v) is 10.1. The Bertz CT molecular complexity index is 812. The summed E-state index contributed by atoms with van der Waals surface area (Å²) in [4.78, 5) is 2.56. The number of halogens is 1. The van der Waals surface area contributed by atoms with Gasteiger partial charge in [0.15, 0.2) is 0 Å². The van der Waals surface area contributed by atoms with Crippen molar-refractivity contribution in [2.75, 3.05) is 32.7 Å². The minimum absolute atomic E-state index is 0.300. The van der Waals surface area contributed by atoms with Gasteiger partial charge in [0.25, 0.3) is 0 Å². The van der Waals surface area contributed by atoms with Crippen molar-refractivity contribution in [1.82, 2.24) is 9.21 Å². The molecule has 1 fully saturated rings. The maximum absolute atomic E-state index is 12.7. The third-order valence-electron chi connectivity index (χ3n) is 4.26. The second-order valence-corrected chi connectivity index (χ2v) is 8.35. The van der Waals surface area contributed by atoms with Crippen molar-refractivity contribution < 1.29 is 8.42 Å². The summed E-state index contributed by atoms with van der Waals surface area (Å²) >= 11 is 5.84. The van der Waals surface area contributed by atoms with Gasteiger partial charge in [-0.3, -0.25) is 4.90 Å². The van der Waals surface area contributed by atoms with Gasteiger partial charge in [-0.25, -0.2) is 8.42 Å². The second-order valence-electron chi connectivity index (χ2n) is 5.97. The van der Waals surface area contributed by atoms with Crippen LogP contribution >= 0.6 is 11.6 Å². The van der Waals surface area contributed by atoms with E-state index in [4.69, 9.17) is 11.6 Å². The first-order chi connectivity index (χ1) is 12.1. The van der Waals surface area contributed by atoms with E-state index >= 15 is 0 Å². The van der Waals surface area contributed by atoms with Crippen molar-refractivity contribution >= 4 is 27.7 Å². The highest BCUT2D eigenvalue weighted by Crippen LogP contribution is 2.19. The largest absolute Gasteiger partial charge is 0.297 e. The van der Waals surface area contributed by atoms with Crippen LogP contribution in [0.2, 0.25) is 5.02 Å². The molecular formula is C19H21ClN2O2S. The molecular weight excluding hydrogens is 356 g/mol. The van der Waals surface area contributed by atoms with Crippen LogP contribution in [-0.4, -0.2) is 50.3 Å². The fourth-order valence-electron chi connectivity index (χ4n) is 2.81.